The van der Waals surface area contributed by atoms with Crippen LogP contribution in [0.4, 0.5) is 0 Å². The van der Waals surface area contributed by atoms with Gasteiger partial charge >= 0.3 is 0 Å². The van der Waals surface area contributed by atoms with Gasteiger partial charge < -0.3 is 5.11 Å². The van der Waals surface area contributed by atoms with Gasteiger partial charge in [0, 0.05) is 27.0 Å². The van der Waals surface area contributed by atoms with Gasteiger partial charge in [-0.3, -0.25) is 9.55 Å². The highest BCUT2D eigenvalue weighted by molar-refractivity contribution is 5.98. The topological polar surface area (TPSA) is 50.9 Å². The third-order valence-electron chi connectivity index (χ3n) is 12.8. The molecule has 0 saturated heterocycles. The molecule has 4 heteroatoms. The summed E-state index contributed by atoms with van der Waals surface area (Å²) in [6.07, 6.45) is 1.82. The molecule has 0 amide bonds. The number of rotatable bonds is 8. The Balaban J connectivity index is 1.20. The fourth-order valence-corrected chi connectivity index (χ4v) is 9.21. The smallest absolute Gasteiger partial charge is 0.149 e. The van der Waals surface area contributed by atoms with E-state index in [0.717, 1.165) is 83.6 Å². The van der Waals surface area contributed by atoms with Crippen molar-refractivity contribution >= 4 is 11.0 Å². The van der Waals surface area contributed by atoms with Crippen molar-refractivity contribution in [1.29, 1.82) is 0 Å². The number of hydrogen-bond donors (Lipinski definition) is 1. The maximum atomic E-state index is 12.3. The number of nitrogens with zero attached hydrogens (tertiary/aromatic N) is 3. The SMILES string of the molecule is [2H]C([2H])([2H])c1ccc(-c2ccnc(-c3cc(-c4ccccc4)cc(-c4cccc5c4nc(-c4cccc(C(C)(C)C)c4O)n5-c4ccc(C(C)(C)C)cc4-c4ccccc4)c3)c2)cc1-c1ccccc1. The van der Waals surface area contributed by atoms with Gasteiger partial charge in [0.2, 0.25) is 0 Å². The average Bonchev–Trinajstić information content (AvgIpc) is 3.75. The van der Waals surface area contributed by atoms with Gasteiger partial charge in [0.05, 0.1) is 28.0 Å². The van der Waals surface area contributed by atoms with Crippen LogP contribution in [0.5, 0.6) is 5.75 Å². The zero-order valence-corrected chi connectivity index (χ0v) is 38.8. The van der Waals surface area contributed by atoms with Crippen LogP contribution < -0.4 is 0 Å². The summed E-state index contributed by atoms with van der Waals surface area (Å²) in [7, 11) is 0. The van der Waals surface area contributed by atoms with Crippen molar-refractivity contribution < 1.29 is 9.22 Å². The molecule has 0 fully saturated rings. The van der Waals surface area contributed by atoms with Crippen molar-refractivity contribution in [2.45, 2.75) is 59.2 Å². The molecule has 0 aliphatic carbocycles. The first-order valence-corrected chi connectivity index (χ1v) is 23.0. The Morgan fingerprint density at radius 1 is 0.463 bits per heavy atom. The van der Waals surface area contributed by atoms with E-state index in [9.17, 15) is 5.11 Å². The molecule has 0 aliphatic heterocycles. The molecule has 8 aromatic carbocycles. The van der Waals surface area contributed by atoms with Crippen molar-refractivity contribution in [2.24, 2.45) is 0 Å². The molecule has 2 aromatic heterocycles. The van der Waals surface area contributed by atoms with E-state index in [0.29, 0.717) is 22.5 Å². The van der Waals surface area contributed by atoms with Gasteiger partial charge in [-0.15, -0.1) is 0 Å². The number of fused-ring (bicyclic) bond motifs is 1. The summed E-state index contributed by atoms with van der Waals surface area (Å²) in [4.78, 5) is 10.6. The van der Waals surface area contributed by atoms with Crippen LogP contribution in [0.3, 0.4) is 0 Å². The molecule has 1 N–H and O–H groups in total. The number of aromatic hydroxyl groups is 1. The Bertz CT molecular complexity index is 3550. The molecular weight excluding hydrogens is 815 g/mol. The Morgan fingerprint density at radius 2 is 1.09 bits per heavy atom. The van der Waals surface area contributed by atoms with E-state index in [1.54, 1.807) is 6.07 Å². The summed E-state index contributed by atoms with van der Waals surface area (Å²) < 4.78 is 27.2. The maximum Gasteiger partial charge on any atom is 0.149 e. The minimum Gasteiger partial charge on any atom is -0.507 e. The molecule has 0 unspecified atom stereocenters. The van der Waals surface area contributed by atoms with Crippen molar-refractivity contribution in [2.75, 3.05) is 0 Å². The number of imidazole rings is 1. The normalized spacial score (nSPS) is 12.7. The van der Waals surface area contributed by atoms with Gasteiger partial charge in [-0.25, -0.2) is 4.98 Å². The Labute approximate surface area is 399 Å². The second-order valence-electron chi connectivity index (χ2n) is 19.5. The molecule has 0 bridgehead atoms. The highest BCUT2D eigenvalue weighted by Crippen LogP contribution is 2.45. The van der Waals surface area contributed by atoms with Crippen molar-refractivity contribution in [3.05, 3.63) is 217 Å². The number of benzene rings is 8. The highest BCUT2D eigenvalue weighted by atomic mass is 16.3. The van der Waals surface area contributed by atoms with Crippen LogP contribution >= 0.6 is 0 Å². The predicted molar refractivity (Wildman–Crippen MR) is 281 cm³/mol. The molecule has 10 rings (SSSR count). The molecular formula is C63H55N3O. The second-order valence-corrected chi connectivity index (χ2v) is 19.5. The van der Waals surface area contributed by atoms with Crippen LogP contribution in [-0.4, -0.2) is 19.6 Å². The minimum absolute atomic E-state index is 0.0976. The van der Waals surface area contributed by atoms with E-state index < -0.39 is 6.85 Å². The Kier molecular flexibility index (Phi) is 10.1. The third kappa shape index (κ3) is 8.36. The van der Waals surface area contributed by atoms with Crippen molar-refractivity contribution in [3.8, 4) is 89.7 Å². The van der Waals surface area contributed by atoms with Crippen LogP contribution in [0.15, 0.2) is 200 Å². The molecule has 0 spiro atoms. The molecule has 328 valence electrons. The van der Waals surface area contributed by atoms with E-state index in [1.165, 1.54) is 5.56 Å². The molecule has 0 radical (unpaired) electrons. The quantitative estimate of drug-likeness (QED) is 0.165. The lowest BCUT2D eigenvalue weighted by molar-refractivity contribution is 0.448. The van der Waals surface area contributed by atoms with E-state index in [4.69, 9.17) is 14.1 Å². The number of hydrogen-bond acceptors (Lipinski definition) is 3. The van der Waals surface area contributed by atoms with Gasteiger partial charge in [0.25, 0.3) is 0 Å². The molecule has 0 saturated carbocycles. The maximum absolute atomic E-state index is 12.3. The van der Waals surface area contributed by atoms with Crippen LogP contribution in [0, 0.1) is 6.85 Å². The molecule has 10 aromatic rings. The van der Waals surface area contributed by atoms with Gasteiger partial charge in [-0.1, -0.05) is 175 Å². The van der Waals surface area contributed by atoms with Crippen LogP contribution in [0.2, 0.25) is 0 Å². The summed E-state index contributed by atoms with van der Waals surface area (Å²) in [5.74, 6) is 0.851. The van der Waals surface area contributed by atoms with Crippen LogP contribution in [0.1, 0.15) is 62.3 Å². The lowest BCUT2D eigenvalue weighted by Crippen LogP contribution is -2.12. The summed E-state index contributed by atoms with van der Waals surface area (Å²) in [5, 5.41) is 12.3. The highest BCUT2D eigenvalue weighted by Gasteiger charge is 2.27. The fraction of sp³-hybridized carbons (Fsp3) is 0.143. The molecule has 0 atom stereocenters. The van der Waals surface area contributed by atoms with Crippen molar-refractivity contribution in [1.82, 2.24) is 14.5 Å². The summed E-state index contributed by atoms with van der Waals surface area (Å²) in [6, 6.07) is 65.9. The number of phenols is 1. The van der Waals surface area contributed by atoms with Gasteiger partial charge in [-0.05, 0) is 140 Å². The first kappa shape index (κ1) is 39.5. The number of para-hydroxylation sites is 2. The number of pyridine rings is 1. The lowest BCUT2D eigenvalue weighted by Gasteiger charge is -2.24. The number of phenolic OH excluding ortho intramolecular Hbond substituents is 1. The second kappa shape index (κ2) is 17.2. The minimum atomic E-state index is -2.28. The fourth-order valence-electron chi connectivity index (χ4n) is 9.21. The lowest BCUT2D eigenvalue weighted by atomic mass is 9.84. The molecule has 0 aliphatic rings. The zero-order valence-electron chi connectivity index (χ0n) is 41.8. The number of aromatic nitrogens is 3. The summed E-state index contributed by atoms with van der Waals surface area (Å²) in [5.41, 5.74) is 16.4. The molecule has 4 nitrogen and oxygen atoms in total. The van der Waals surface area contributed by atoms with E-state index in [2.05, 4.69) is 155 Å². The summed E-state index contributed by atoms with van der Waals surface area (Å²) >= 11 is 0. The van der Waals surface area contributed by atoms with E-state index in [1.807, 2.05) is 85.1 Å². The Hall–Kier alpha value is -7.82. The monoisotopic (exact) mass is 872 g/mol. The summed E-state index contributed by atoms with van der Waals surface area (Å²) in [6.45, 7) is 10.8. The van der Waals surface area contributed by atoms with Gasteiger partial charge in [0.1, 0.15) is 11.6 Å². The van der Waals surface area contributed by atoms with Crippen LogP contribution in [0.25, 0.3) is 95.0 Å². The molecule has 2 heterocycles. The number of aryl methyl sites for hydroxylation is 1. The van der Waals surface area contributed by atoms with E-state index >= 15 is 0 Å². The van der Waals surface area contributed by atoms with Gasteiger partial charge in [0.15, 0.2) is 0 Å². The first-order valence-electron chi connectivity index (χ1n) is 24.5. The Morgan fingerprint density at radius 3 is 1.78 bits per heavy atom. The standard InChI is InChI=1S/C63H55N3O/c1-41-29-30-45(38-53(41)43-21-13-9-14-22-43)46-33-34-64-56(39-46)49-36-47(42-19-11-8-12-20-42)35-48(37-49)51-25-18-28-58-59(51)65-61(52-26-17-27-55(60(52)67)63(5,6)7)66(58)57-32-31-50(62(2,3)4)40-54(57)44-23-15-10-16-24-44/h8-40,67H,1-7H3/i1D3. The van der Waals surface area contributed by atoms with Gasteiger partial charge in [-0.2, -0.15) is 0 Å². The molecule has 67 heavy (non-hydrogen) atoms. The van der Waals surface area contributed by atoms with Crippen LogP contribution in [-0.2, 0) is 10.8 Å². The third-order valence-corrected chi connectivity index (χ3v) is 12.8. The average molecular weight is 873 g/mol. The predicted octanol–water partition coefficient (Wildman–Crippen LogP) is 16.7. The largest absolute Gasteiger partial charge is 0.507 e. The first-order chi connectivity index (χ1) is 33.5. The zero-order chi connectivity index (χ0) is 49.0. The van der Waals surface area contributed by atoms with E-state index in [-0.39, 0.29) is 16.6 Å². The van der Waals surface area contributed by atoms with Crippen molar-refractivity contribution in [3.63, 3.8) is 0 Å².